The number of hydrogen-bond donors (Lipinski definition) is 1. The Labute approximate surface area is 180 Å². The second-order valence-corrected chi connectivity index (χ2v) is 7.80. The summed E-state index contributed by atoms with van der Waals surface area (Å²) in [6, 6.07) is 32.0. The van der Waals surface area contributed by atoms with Crippen LogP contribution < -0.4 is 22.1 Å². The predicted molar refractivity (Wildman–Crippen MR) is 128 cm³/mol. The second-order valence-electron chi connectivity index (χ2n) is 7.80. The number of ether oxygens (including phenoxy) is 1. The number of hydrogen-bond acceptors (Lipinski definition) is 3. The van der Waals surface area contributed by atoms with E-state index in [1.807, 2.05) is 0 Å². The molecule has 3 aromatic rings. The van der Waals surface area contributed by atoms with Crippen LogP contribution in [0.2, 0.25) is 0 Å². The summed E-state index contributed by atoms with van der Waals surface area (Å²) in [7, 11) is 0. The van der Waals surface area contributed by atoms with Crippen molar-refractivity contribution in [3.05, 3.63) is 103 Å². The normalized spacial score (nSPS) is 10.4. The Morgan fingerprint density at radius 1 is 0.833 bits per heavy atom. The van der Waals surface area contributed by atoms with Gasteiger partial charge in [-0.05, 0) is 20.8 Å². The van der Waals surface area contributed by atoms with Crippen molar-refractivity contribution >= 4 is 29.1 Å². The lowest BCUT2D eigenvalue weighted by Gasteiger charge is -2.22. The molecule has 4 heteroatoms. The lowest BCUT2D eigenvalue weighted by Crippen LogP contribution is -2.51. The molecule has 0 amide bonds. The molecule has 0 aliphatic heterocycles. The summed E-state index contributed by atoms with van der Waals surface area (Å²) in [6.45, 7) is 9.20. The van der Waals surface area contributed by atoms with Crippen LogP contribution in [0.25, 0.3) is 0 Å². The first kappa shape index (κ1) is 23.2. The average Bonchev–Trinajstić information content (AvgIpc) is 2.76. The molecule has 2 N–H and O–H groups in total. The third kappa shape index (κ3) is 7.05. The van der Waals surface area contributed by atoms with Crippen LogP contribution in [0.3, 0.4) is 0 Å². The highest BCUT2D eigenvalue weighted by atomic mass is 16.6. The molecule has 3 rings (SSSR count). The summed E-state index contributed by atoms with van der Waals surface area (Å²) < 4.78 is 4.98. The molecule has 0 heterocycles. The van der Waals surface area contributed by atoms with Gasteiger partial charge < -0.3 is 10.5 Å². The van der Waals surface area contributed by atoms with Gasteiger partial charge in [0.2, 0.25) is 6.71 Å². The number of carbonyl (C=O) groups is 1. The van der Waals surface area contributed by atoms with Crippen LogP contribution in [0.4, 0.5) is 0 Å². The van der Waals surface area contributed by atoms with E-state index in [4.69, 9.17) is 10.5 Å². The van der Waals surface area contributed by atoms with Crippen molar-refractivity contribution in [2.75, 3.05) is 6.54 Å². The van der Waals surface area contributed by atoms with E-state index in [-0.39, 0.29) is 5.97 Å². The number of benzene rings is 3. The molecule has 0 saturated heterocycles. The third-order valence-electron chi connectivity index (χ3n) is 4.61. The van der Waals surface area contributed by atoms with Crippen molar-refractivity contribution < 1.29 is 9.53 Å². The molecule has 0 aliphatic rings. The molecule has 3 aromatic carbocycles. The number of carbonyl (C=O) groups excluding carboxylic acids is 1. The van der Waals surface area contributed by atoms with E-state index < -0.39 is 5.60 Å². The van der Waals surface area contributed by atoms with Crippen molar-refractivity contribution in [1.82, 2.24) is 0 Å². The highest BCUT2D eigenvalue weighted by Crippen LogP contribution is 2.08. The maximum Gasteiger partial charge on any atom is 0.333 e. The highest BCUT2D eigenvalue weighted by Gasteiger charge is 2.21. The van der Waals surface area contributed by atoms with Gasteiger partial charge in [-0.1, -0.05) is 114 Å². The van der Waals surface area contributed by atoms with E-state index in [0.717, 1.165) is 0 Å². The summed E-state index contributed by atoms with van der Waals surface area (Å²) in [5, 5.41) is 0. The predicted octanol–water partition coefficient (Wildman–Crippen LogP) is 3.05. The van der Waals surface area contributed by atoms with Gasteiger partial charge in [-0.2, -0.15) is 0 Å². The fourth-order valence-electron chi connectivity index (χ4n) is 2.89. The summed E-state index contributed by atoms with van der Waals surface area (Å²) in [5.74, 6) is -0.388. The maximum atomic E-state index is 10.9. The van der Waals surface area contributed by atoms with Crippen LogP contribution in [0, 0.1) is 0 Å². The fourth-order valence-corrected chi connectivity index (χ4v) is 2.89. The van der Waals surface area contributed by atoms with Gasteiger partial charge in [-0.3, -0.25) is 0 Å². The van der Waals surface area contributed by atoms with Gasteiger partial charge in [0.1, 0.15) is 5.60 Å². The van der Waals surface area contributed by atoms with E-state index in [1.54, 1.807) is 20.8 Å². The zero-order valence-electron chi connectivity index (χ0n) is 18.0. The summed E-state index contributed by atoms with van der Waals surface area (Å²) in [6.07, 6.45) is 0. The Balaban J connectivity index is 0.000000252. The molecular weight excluding hydrogens is 369 g/mol. The first-order valence-electron chi connectivity index (χ1n) is 10.1. The van der Waals surface area contributed by atoms with Gasteiger partial charge in [-0.25, -0.2) is 4.79 Å². The van der Waals surface area contributed by atoms with Crippen LogP contribution in [-0.4, -0.2) is 24.8 Å². The van der Waals surface area contributed by atoms with Crippen molar-refractivity contribution in [3.8, 4) is 0 Å². The molecule has 0 bridgehead atoms. The molecule has 0 atom stereocenters. The molecule has 0 aliphatic carbocycles. The zero-order chi connectivity index (χ0) is 22.0. The molecule has 30 heavy (non-hydrogen) atoms. The van der Waals surface area contributed by atoms with E-state index in [2.05, 4.69) is 97.6 Å². The Morgan fingerprint density at radius 2 is 1.17 bits per heavy atom. The quantitative estimate of drug-likeness (QED) is 0.394. The van der Waals surface area contributed by atoms with E-state index in [1.165, 1.54) is 16.4 Å². The van der Waals surface area contributed by atoms with E-state index in [0.29, 0.717) is 18.8 Å². The maximum absolute atomic E-state index is 10.9. The van der Waals surface area contributed by atoms with Gasteiger partial charge in [0.05, 0.1) is 0 Å². The van der Waals surface area contributed by atoms with Crippen molar-refractivity contribution in [2.45, 2.75) is 26.4 Å². The minimum atomic E-state index is -0.587. The summed E-state index contributed by atoms with van der Waals surface area (Å²) in [5.41, 5.74) is 9.16. The number of nitrogens with two attached hydrogens (primary N) is 1. The standard InChI is InChI=1S/C18H15B.C8H15NO2/c1-4-10-16(11-5-1)19(17-12-6-2-7-13-17)18-14-8-3-9-15-18;1-6(2)7(10)11-8(3,4)5-9/h1-15H;1,5,9H2,2-4H3. The zero-order valence-corrected chi connectivity index (χ0v) is 18.0. The van der Waals surface area contributed by atoms with Gasteiger partial charge in [0.25, 0.3) is 0 Å². The molecule has 0 saturated carbocycles. The highest BCUT2D eigenvalue weighted by molar-refractivity contribution is 6.95. The number of esters is 1. The van der Waals surface area contributed by atoms with E-state index in [9.17, 15) is 4.79 Å². The minimum absolute atomic E-state index is 0.309. The summed E-state index contributed by atoms with van der Waals surface area (Å²) >= 11 is 0. The average molecular weight is 399 g/mol. The minimum Gasteiger partial charge on any atom is -0.455 e. The molecule has 3 nitrogen and oxygen atoms in total. The largest absolute Gasteiger partial charge is 0.455 e. The van der Waals surface area contributed by atoms with Gasteiger partial charge >= 0.3 is 5.97 Å². The Kier molecular flexibility index (Phi) is 8.63. The van der Waals surface area contributed by atoms with Gasteiger partial charge in [-0.15, -0.1) is 0 Å². The van der Waals surface area contributed by atoms with Crippen LogP contribution in [0.15, 0.2) is 103 Å². The smallest absolute Gasteiger partial charge is 0.333 e. The molecule has 0 fully saturated rings. The molecule has 0 unspecified atom stereocenters. The van der Waals surface area contributed by atoms with Crippen LogP contribution in [-0.2, 0) is 9.53 Å². The molecule has 154 valence electrons. The van der Waals surface area contributed by atoms with E-state index >= 15 is 0 Å². The van der Waals surface area contributed by atoms with Gasteiger partial charge in [0.15, 0.2) is 0 Å². The Morgan fingerprint density at radius 3 is 1.43 bits per heavy atom. The third-order valence-corrected chi connectivity index (χ3v) is 4.61. The Hall–Kier alpha value is -3.11. The van der Waals surface area contributed by atoms with Crippen LogP contribution >= 0.6 is 0 Å². The molecular formula is C26H30BNO2. The molecule has 0 aromatic heterocycles. The molecule has 0 spiro atoms. The first-order chi connectivity index (χ1) is 14.3. The Bertz CT molecular complexity index is 831. The van der Waals surface area contributed by atoms with Crippen molar-refractivity contribution in [2.24, 2.45) is 5.73 Å². The SMILES string of the molecule is C=C(C)C(=O)OC(C)(C)CN.c1ccc(B(c2ccccc2)c2ccccc2)cc1. The van der Waals surface area contributed by atoms with Crippen LogP contribution in [0.1, 0.15) is 20.8 Å². The molecule has 0 radical (unpaired) electrons. The van der Waals surface area contributed by atoms with Gasteiger partial charge in [0, 0.05) is 12.1 Å². The van der Waals surface area contributed by atoms with Crippen molar-refractivity contribution in [1.29, 1.82) is 0 Å². The lowest BCUT2D eigenvalue weighted by atomic mass is 9.37. The topological polar surface area (TPSA) is 52.3 Å². The monoisotopic (exact) mass is 399 g/mol. The lowest BCUT2D eigenvalue weighted by molar-refractivity contribution is -0.150. The fraction of sp³-hybridized carbons (Fsp3) is 0.192. The van der Waals surface area contributed by atoms with Crippen molar-refractivity contribution in [3.63, 3.8) is 0 Å². The second kappa shape index (κ2) is 11.2. The summed E-state index contributed by atoms with van der Waals surface area (Å²) in [4.78, 5) is 10.9. The number of rotatable bonds is 6. The van der Waals surface area contributed by atoms with Crippen LogP contribution in [0.5, 0.6) is 0 Å². The first-order valence-corrected chi connectivity index (χ1v) is 10.1.